The summed E-state index contributed by atoms with van der Waals surface area (Å²) in [5.74, 6) is -0.876. The van der Waals surface area contributed by atoms with Crippen molar-refractivity contribution in [3.8, 4) is 17.2 Å². The van der Waals surface area contributed by atoms with E-state index in [0.29, 0.717) is 34.2 Å². The van der Waals surface area contributed by atoms with E-state index in [-0.39, 0.29) is 12.5 Å². The Morgan fingerprint density at radius 2 is 1.67 bits per heavy atom. The van der Waals surface area contributed by atoms with Gasteiger partial charge in [0.15, 0.2) is 18.1 Å². The van der Waals surface area contributed by atoms with Gasteiger partial charge in [-0.2, -0.15) is 5.10 Å². The maximum absolute atomic E-state index is 12.2. The molecule has 10 nitrogen and oxygen atoms in total. The first-order chi connectivity index (χ1) is 17.4. The largest absolute Gasteiger partial charge is 0.497 e. The van der Waals surface area contributed by atoms with Crippen LogP contribution in [0.5, 0.6) is 17.2 Å². The third-order valence-corrected chi connectivity index (χ3v) is 4.88. The molecule has 0 unspecified atom stereocenters. The quantitative estimate of drug-likeness (QED) is 0.240. The summed E-state index contributed by atoms with van der Waals surface area (Å²) in [5.41, 5.74) is 4.79. The van der Waals surface area contributed by atoms with Crippen molar-refractivity contribution in [1.29, 1.82) is 0 Å². The molecule has 0 fully saturated rings. The van der Waals surface area contributed by atoms with Crippen LogP contribution in [0.1, 0.15) is 11.1 Å². The molecule has 10 heteroatoms. The molecule has 0 heterocycles. The molecule has 0 aliphatic heterocycles. The van der Waals surface area contributed by atoms with Crippen molar-refractivity contribution in [2.45, 2.75) is 6.92 Å². The minimum absolute atomic E-state index is 0.212. The van der Waals surface area contributed by atoms with Gasteiger partial charge < -0.3 is 24.8 Å². The molecule has 3 aromatic rings. The molecule has 0 bridgehead atoms. The molecule has 0 aromatic heterocycles. The van der Waals surface area contributed by atoms with Gasteiger partial charge in [-0.1, -0.05) is 24.3 Å². The number of nitrogens with one attached hydrogen (secondary N) is 3. The first-order valence-corrected chi connectivity index (χ1v) is 10.8. The Kier molecular flexibility index (Phi) is 8.99. The number of hydrogen-bond acceptors (Lipinski definition) is 7. The van der Waals surface area contributed by atoms with Crippen LogP contribution in [0.2, 0.25) is 0 Å². The van der Waals surface area contributed by atoms with Gasteiger partial charge in [-0.25, -0.2) is 5.43 Å². The van der Waals surface area contributed by atoms with Crippen LogP contribution in [0, 0.1) is 6.92 Å². The summed E-state index contributed by atoms with van der Waals surface area (Å²) in [4.78, 5) is 36.3. The van der Waals surface area contributed by atoms with Crippen LogP contribution in [0.25, 0.3) is 0 Å². The van der Waals surface area contributed by atoms with Gasteiger partial charge in [-0.3, -0.25) is 14.4 Å². The number of anilines is 2. The van der Waals surface area contributed by atoms with Crippen molar-refractivity contribution < 1.29 is 28.6 Å². The van der Waals surface area contributed by atoms with Crippen molar-refractivity contribution in [2.24, 2.45) is 5.10 Å². The van der Waals surface area contributed by atoms with E-state index < -0.39 is 11.8 Å². The lowest BCUT2D eigenvalue weighted by Gasteiger charge is -2.12. The second kappa shape index (κ2) is 12.6. The molecule has 0 atom stereocenters. The fraction of sp³-hybridized carbons (Fsp3) is 0.154. The summed E-state index contributed by atoms with van der Waals surface area (Å²) in [6, 6.07) is 18.9. The Labute approximate surface area is 208 Å². The van der Waals surface area contributed by atoms with E-state index in [1.807, 2.05) is 31.2 Å². The Bertz CT molecular complexity index is 1270. The number of aryl methyl sites for hydroxylation is 1. The van der Waals surface area contributed by atoms with E-state index in [1.54, 1.807) is 42.5 Å². The lowest BCUT2D eigenvalue weighted by atomic mass is 10.2. The van der Waals surface area contributed by atoms with Crippen LogP contribution < -0.4 is 30.3 Å². The summed E-state index contributed by atoms with van der Waals surface area (Å²) in [6.45, 7) is 1.69. The minimum atomic E-state index is -0.944. The number of nitrogens with zero attached hydrogens (tertiary/aromatic N) is 1. The predicted octanol–water partition coefficient (Wildman–Crippen LogP) is 3.12. The van der Waals surface area contributed by atoms with Crippen LogP contribution in [0.3, 0.4) is 0 Å². The molecule has 3 aromatic carbocycles. The SMILES string of the molecule is COc1cccc(NC(=O)C(=O)N/N=C\c2ccc(OCC(=O)Nc3ccccc3C)c(OC)c2)c1. The molecule has 36 heavy (non-hydrogen) atoms. The van der Waals surface area contributed by atoms with Crippen molar-refractivity contribution in [2.75, 3.05) is 31.5 Å². The number of hydrogen-bond donors (Lipinski definition) is 3. The van der Waals surface area contributed by atoms with Crippen molar-refractivity contribution in [1.82, 2.24) is 5.43 Å². The molecule has 0 aliphatic carbocycles. The summed E-state index contributed by atoms with van der Waals surface area (Å²) >= 11 is 0. The molecule has 0 aliphatic rings. The lowest BCUT2D eigenvalue weighted by Crippen LogP contribution is -2.32. The van der Waals surface area contributed by atoms with E-state index in [9.17, 15) is 14.4 Å². The lowest BCUT2D eigenvalue weighted by molar-refractivity contribution is -0.136. The van der Waals surface area contributed by atoms with Crippen molar-refractivity contribution in [3.63, 3.8) is 0 Å². The van der Waals surface area contributed by atoms with Gasteiger partial charge in [0.1, 0.15) is 5.75 Å². The highest BCUT2D eigenvalue weighted by atomic mass is 16.5. The average Bonchev–Trinajstić information content (AvgIpc) is 2.89. The molecule has 0 saturated heterocycles. The zero-order valence-corrected chi connectivity index (χ0v) is 20.0. The number of rotatable bonds is 9. The first-order valence-electron chi connectivity index (χ1n) is 10.8. The maximum Gasteiger partial charge on any atom is 0.329 e. The molecule has 3 amide bonds. The Balaban J connectivity index is 1.53. The van der Waals surface area contributed by atoms with Gasteiger partial charge in [0.2, 0.25) is 0 Å². The Hall–Kier alpha value is -4.86. The molecule has 0 spiro atoms. The number of methoxy groups -OCH3 is 2. The van der Waals surface area contributed by atoms with Gasteiger partial charge in [0.05, 0.1) is 20.4 Å². The number of carbonyl (C=O) groups is 3. The zero-order valence-electron chi connectivity index (χ0n) is 20.0. The van der Waals surface area contributed by atoms with Gasteiger partial charge in [-0.05, 0) is 54.4 Å². The maximum atomic E-state index is 12.2. The van der Waals surface area contributed by atoms with E-state index in [1.165, 1.54) is 20.4 Å². The van der Waals surface area contributed by atoms with E-state index in [0.717, 1.165) is 5.56 Å². The summed E-state index contributed by atoms with van der Waals surface area (Å²) < 4.78 is 16.0. The number of carbonyl (C=O) groups excluding carboxylic acids is 3. The standard InChI is InChI=1S/C26H26N4O6/c1-17-7-4-5-10-21(17)29-24(31)16-36-22-12-11-18(13-23(22)35-3)15-27-30-26(33)25(32)28-19-8-6-9-20(14-19)34-2/h4-15H,16H2,1-3H3,(H,28,32)(H,29,31)(H,30,33)/b27-15-. The molecule has 3 rings (SSSR count). The van der Waals surface area contributed by atoms with Gasteiger partial charge >= 0.3 is 11.8 Å². The summed E-state index contributed by atoms with van der Waals surface area (Å²) in [5, 5.41) is 9.05. The molecule has 0 saturated carbocycles. The number of para-hydroxylation sites is 1. The van der Waals surface area contributed by atoms with Gasteiger partial charge in [-0.15, -0.1) is 0 Å². The second-order valence-corrected chi connectivity index (χ2v) is 7.45. The van der Waals surface area contributed by atoms with Crippen LogP contribution in [0.4, 0.5) is 11.4 Å². The topological polar surface area (TPSA) is 127 Å². The Morgan fingerprint density at radius 3 is 2.42 bits per heavy atom. The van der Waals surface area contributed by atoms with Crippen LogP contribution in [-0.2, 0) is 14.4 Å². The molecular formula is C26H26N4O6. The fourth-order valence-electron chi connectivity index (χ4n) is 3.03. The molecular weight excluding hydrogens is 464 g/mol. The first kappa shape index (κ1) is 25.8. The smallest absolute Gasteiger partial charge is 0.329 e. The number of amides is 3. The van der Waals surface area contributed by atoms with Crippen LogP contribution in [0.15, 0.2) is 71.8 Å². The van der Waals surface area contributed by atoms with Crippen molar-refractivity contribution >= 4 is 35.3 Å². The van der Waals surface area contributed by atoms with Crippen LogP contribution >= 0.6 is 0 Å². The zero-order chi connectivity index (χ0) is 25.9. The molecule has 3 N–H and O–H groups in total. The van der Waals surface area contributed by atoms with E-state index in [2.05, 4.69) is 21.2 Å². The molecule has 0 radical (unpaired) electrons. The second-order valence-electron chi connectivity index (χ2n) is 7.45. The number of benzene rings is 3. The average molecular weight is 491 g/mol. The van der Waals surface area contributed by atoms with Gasteiger partial charge in [0.25, 0.3) is 5.91 Å². The van der Waals surface area contributed by atoms with E-state index >= 15 is 0 Å². The Morgan fingerprint density at radius 1 is 0.861 bits per heavy atom. The highest BCUT2D eigenvalue weighted by Crippen LogP contribution is 2.27. The highest BCUT2D eigenvalue weighted by molar-refractivity contribution is 6.39. The summed E-state index contributed by atoms with van der Waals surface area (Å²) in [6.07, 6.45) is 1.34. The van der Waals surface area contributed by atoms with E-state index in [4.69, 9.17) is 14.2 Å². The van der Waals surface area contributed by atoms with Gasteiger partial charge in [0, 0.05) is 17.4 Å². The summed E-state index contributed by atoms with van der Waals surface area (Å²) in [7, 11) is 2.96. The normalized spacial score (nSPS) is 10.4. The predicted molar refractivity (Wildman–Crippen MR) is 136 cm³/mol. The third kappa shape index (κ3) is 7.32. The third-order valence-electron chi connectivity index (χ3n) is 4.88. The highest BCUT2D eigenvalue weighted by Gasteiger charge is 2.13. The van der Waals surface area contributed by atoms with Crippen LogP contribution in [-0.4, -0.2) is 44.8 Å². The fourth-order valence-corrected chi connectivity index (χ4v) is 3.03. The minimum Gasteiger partial charge on any atom is -0.497 e. The monoisotopic (exact) mass is 490 g/mol. The number of ether oxygens (including phenoxy) is 3. The van der Waals surface area contributed by atoms with Crippen molar-refractivity contribution in [3.05, 3.63) is 77.9 Å². The molecule has 186 valence electrons. The number of hydrazone groups is 1.